The van der Waals surface area contributed by atoms with Crippen LogP contribution in [0.5, 0.6) is 5.75 Å². The van der Waals surface area contributed by atoms with Crippen molar-refractivity contribution >= 4 is 43.5 Å². The Hall–Kier alpha value is -3.85. The van der Waals surface area contributed by atoms with E-state index in [1.165, 1.54) is 21.5 Å². The third kappa shape index (κ3) is 2.01. The summed E-state index contributed by atoms with van der Waals surface area (Å²) in [6.45, 7) is 0. The molecule has 0 amide bonds. The molecule has 0 radical (unpaired) electrons. The quantitative estimate of drug-likeness (QED) is 0.333. The minimum Gasteiger partial charge on any atom is -0.507 e. The van der Waals surface area contributed by atoms with Gasteiger partial charge in [0.1, 0.15) is 16.9 Å². The number of nitrogens with zero attached hydrogens (tertiary/aromatic N) is 1. The topological polar surface area (TPSA) is 46.3 Å². The molecule has 6 aromatic rings. The van der Waals surface area contributed by atoms with E-state index in [1.807, 2.05) is 30.3 Å². The highest BCUT2D eigenvalue weighted by Crippen LogP contribution is 2.43. The largest absolute Gasteiger partial charge is 0.507 e. The summed E-state index contributed by atoms with van der Waals surface area (Å²) in [5.41, 5.74) is 2.79. The van der Waals surface area contributed by atoms with Crippen LogP contribution in [0.1, 0.15) is 0 Å². The van der Waals surface area contributed by atoms with Crippen molar-refractivity contribution in [1.82, 2.24) is 4.98 Å². The molecule has 132 valence electrons. The van der Waals surface area contributed by atoms with Gasteiger partial charge < -0.3 is 9.52 Å². The van der Waals surface area contributed by atoms with Crippen LogP contribution in [-0.4, -0.2) is 10.1 Å². The van der Waals surface area contributed by atoms with E-state index in [0.717, 1.165) is 16.4 Å². The molecule has 6 rings (SSSR count). The molecule has 0 atom stereocenters. The van der Waals surface area contributed by atoms with Crippen LogP contribution in [0, 0.1) is 0 Å². The van der Waals surface area contributed by atoms with Gasteiger partial charge in [0.15, 0.2) is 0 Å². The SMILES string of the molecule is Oc1ccc2c(oc3ccc4ccc5ccccc5c4c32)c1-c1ccccn1. The maximum atomic E-state index is 10.6. The van der Waals surface area contributed by atoms with Crippen molar-refractivity contribution in [2.24, 2.45) is 0 Å². The molecule has 0 bridgehead atoms. The number of hydrogen-bond donors (Lipinski definition) is 1. The van der Waals surface area contributed by atoms with Crippen LogP contribution in [0.3, 0.4) is 0 Å². The molecule has 0 unspecified atom stereocenters. The second-order valence-electron chi connectivity index (χ2n) is 6.98. The molecule has 28 heavy (non-hydrogen) atoms. The molecule has 1 N–H and O–H groups in total. The van der Waals surface area contributed by atoms with E-state index >= 15 is 0 Å². The summed E-state index contributed by atoms with van der Waals surface area (Å²) in [5, 5.41) is 17.4. The highest BCUT2D eigenvalue weighted by molar-refractivity contribution is 6.27. The Labute approximate surface area is 160 Å². The van der Waals surface area contributed by atoms with Crippen molar-refractivity contribution in [3.8, 4) is 17.0 Å². The summed E-state index contributed by atoms with van der Waals surface area (Å²) in [7, 11) is 0. The van der Waals surface area contributed by atoms with Gasteiger partial charge in [-0.05, 0) is 46.5 Å². The fraction of sp³-hybridized carbons (Fsp3) is 0. The van der Waals surface area contributed by atoms with E-state index in [1.54, 1.807) is 12.3 Å². The van der Waals surface area contributed by atoms with Gasteiger partial charge in [-0.25, -0.2) is 0 Å². The normalized spacial score (nSPS) is 11.7. The van der Waals surface area contributed by atoms with Crippen LogP contribution in [0.25, 0.3) is 54.7 Å². The number of fused-ring (bicyclic) bond motifs is 7. The Morgan fingerprint density at radius 2 is 1.50 bits per heavy atom. The van der Waals surface area contributed by atoms with Crippen molar-refractivity contribution in [3.05, 3.63) is 85.1 Å². The molecule has 0 aliphatic rings. The van der Waals surface area contributed by atoms with Gasteiger partial charge in [0, 0.05) is 22.4 Å². The monoisotopic (exact) mass is 361 g/mol. The van der Waals surface area contributed by atoms with E-state index in [0.29, 0.717) is 16.8 Å². The Morgan fingerprint density at radius 3 is 2.39 bits per heavy atom. The molecule has 0 fully saturated rings. The average molecular weight is 361 g/mol. The molecule has 2 heterocycles. The zero-order chi connectivity index (χ0) is 18.7. The van der Waals surface area contributed by atoms with Gasteiger partial charge in [-0.15, -0.1) is 0 Å². The smallest absolute Gasteiger partial charge is 0.148 e. The number of furan rings is 1. The van der Waals surface area contributed by atoms with Crippen LogP contribution in [-0.2, 0) is 0 Å². The van der Waals surface area contributed by atoms with Crippen LogP contribution in [0.15, 0.2) is 89.5 Å². The van der Waals surface area contributed by atoms with Crippen molar-refractivity contribution in [3.63, 3.8) is 0 Å². The Balaban J connectivity index is 1.85. The molecule has 3 nitrogen and oxygen atoms in total. The lowest BCUT2D eigenvalue weighted by molar-refractivity contribution is 0.476. The first-order valence-corrected chi connectivity index (χ1v) is 9.21. The van der Waals surface area contributed by atoms with Gasteiger partial charge in [0.2, 0.25) is 0 Å². The van der Waals surface area contributed by atoms with Crippen molar-refractivity contribution in [1.29, 1.82) is 0 Å². The molecule has 3 heteroatoms. The highest BCUT2D eigenvalue weighted by Gasteiger charge is 2.19. The van der Waals surface area contributed by atoms with Crippen LogP contribution in [0.4, 0.5) is 0 Å². The van der Waals surface area contributed by atoms with E-state index in [-0.39, 0.29) is 5.75 Å². The van der Waals surface area contributed by atoms with Crippen LogP contribution < -0.4 is 0 Å². The second-order valence-corrected chi connectivity index (χ2v) is 6.98. The summed E-state index contributed by atoms with van der Waals surface area (Å²) < 4.78 is 6.28. The van der Waals surface area contributed by atoms with Gasteiger partial charge >= 0.3 is 0 Å². The zero-order valence-electron chi connectivity index (χ0n) is 14.9. The van der Waals surface area contributed by atoms with Gasteiger partial charge in [-0.3, -0.25) is 4.98 Å². The lowest BCUT2D eigenvalue weighted by atomic mass is 9.96. The Kier molecular flexibility index (Phi) is 3.03. The standard InChI is InChI=1S/C25H15NO2/c27-20-12-11-18-23-21(28-25(18)24(20)19-7-3-4-14-26-19)13-10-16-9-8-15-5-1-2-6-17(15)22(16)23/h1-14,27H. The van der Waals surface area contributed by atoms with E-state index in [9.17, 15) is 5.11 Å². The van der Waals surface area contributed by atoms with Crippen LogP contribution in [0.2, 0.25) is 0 Å². The first kappa shape index (κ1) is 15.2. The summed E-state index contributed by atoms with van der Waals surface area (Å²) in [4.78, 5) is 4.42. The predicted molar refractivity (Wildman–Crippen MR) is 114 cm³/mol. The van der Waals surface area contributed by atoms with Crippen LogP contribution >= 0.6 is 0 Å². The molecule has 0 aliphatic carbocycles. The third-order valence-corrected chi connectivity index (χ3v) is 5.41. The van der Waals surface area contributed by atoms with E-state index < -0.39 is 0 Å². The van der Waals surface area contributed by atoms with Gasteiger partial charge in [0.05, 0.1) is 11.3 Å². The molecule has 0 saturated carbocycles. The maximum absolute atomic E-state index is 10.6. The minimum atomic E-state index is 0.166. The zero-order valence-corrected chi connectivity index (χ0v) is 14.9. The number of rotatable bonds is 1. The van der Waals surface area contributed by atoms with Crippen molar-refractivity contribution in [2.45, 2.75) is 0 Å². The molecular weight excluding hydrogens is 346 g/mol. The van der Waals surface area contributed by atoms with Gasteiger partial charge in [-0.2, -0.15) is 0 Å². The molecule has 0 aliphatic heterocycles. The Bertz CT molecular complexity index is 1510. The summed E-state index contributed by atoms with van der Waals surface area (Å²) in [5.74, 6) is 0.166. The molecule has 0 saturated heterocycles. The van der Waals surface area contributed by atoms with E-state index in [2.05, 4.69) is 47.4 Å². The fourth-order valence-corrected chi connectivity index (χ4v) is 4.17. The molecular formula is C25H15NO2. The van der Waals surface area contributed by atoms with Crippen molar-refractivity contribution < 1.29 is 9.52 Å². The van der Waals surface area contributed by atoms with Gasteiger partial charge in [-0.1, -0.05) is 48.5 Å². The Morgan fingerprint density at radius 1 is 0.679 bits per heavy atom. The lowest BCUT2D eigenvalue weighted by Crippen LogP contribution is -1.84. The fourth-order valence-electron chi connectivity index (χ4n) is 4.17. The number of phenolic OH excluding ortho intramolecular Hbond substituents is 1. The van der Waals surface area contributed by atoms with E-state index in [4.69, 9.17) is 4.42 Å². The van der Waals surface area contributed by atoms with Crippen molar-refractivity contribution in [2.75, 3.05) is 0 Å². The predicted octanol–water partition coefficient (Wildman–Crippen LogP) is 6.66. The average Bonchev–Trinajstić information content (AvgIpc) is 3.12. The first-order valence-electron chi connectivity index (χ1n) is 9.21. The number of aromatic nitrogens is 1. The number of pyridine rings is 1. The highest BCUT2D eigenvalue weighted by atomic mass is 16.3. The minimum absolute atomic E-state index is 0.166. The summed E-state index contributed by atoms with van der Waals surface area (Å²) in [6, 6.07) is 26.1. The maximum Gasteiger partial charge on any atom is 0.148 e. The summed E-state index contributed by atoms with van der Waals surface area (Å²) >= 11 is 0. The van der Waals surface area contributed by atoms with Gasteiger partial charge in [0.25, 0.3) is 0 Å². The number of phenols is 1. The molecule has 4 aromatic carbocycles. The second kappa shape index (κ2) is 5.57. The number of hydrogen-bond acceptors (Lipinski definition) is 3. The molecule has 0 spiro atoms. The third-order valence-electron chi connectivity index (χ3n) is 5.41. The first-order chi connectivity index (χ1) is 13.8. The number of benzene rings is 4. The number of aromatic hydroxyl groups is 1. The summed E-state index contributed by atoms with van der Waals surface area (Å²) in [6.07, 6.45) is 1.72. The molecule has 2 aromatic heterocycles. The lowest BCUT2D eigenvalue weighted by Gasteiger charge is -2.06.